The molecule has 2 aliphatic carbocycles. The second-order valence-corrected chi connectivity index (χ2v) is 19.3. The van der Waals surface area contributed by atoms with Crippen LogP contribution in [0.15, 0.2) is 152 Å². The second-order valence-electron chi connectivity index (χ2n) is 19.3. The van der Waals surface area contributed by atoms with Crippen molar-refractivity contribution in [3.05, 3.63) is 179 Å². The van der Waals surface area contributed by atoms with E-state index in [1.165, 1.54) is 126 Å². The lowest BCUT2D eigenvalue weighted by Gasteiger charge is -2.24. The van der Waals surface area contributed by atoms with Crippen LogP contribution in [-0.4, -0.2) is 0 Å². The van der Waals surface area contributed by atoms with Crippen molar-refractivity contribution in [2.24, 2.45) is 0 Å². The third-order valence-electron chi connectivity index (χ3n) is 14.3. The molecule has 0 heterocycles. The van der Waals surface area contributed by atoms with Crippen molar-refractivity contribution in [3.63, 3.8) is 0 Å². The average Bonchev–Trinajstić information content (AvgIpc) is 3.60. The molecule has 0 saturated carbocycles. The highest BCUT2D eigenvalue weighted by Gasteiger charge is 2.39. The fourth-order valence-corrected chi connectivity index (χ4v) is 11.2. The van der Waals surface area contributed by atoms with Crippen LogP contribution in [0.5, 0.6) is 0 Å². The molecule has 0 bridgehead atoms. The van der Waals surface area contributed by atoms with Gasteiger partial charge in [-0.1, -0.05) is 182 Å². The Morgan fingerprint density at radius 1 is 0.345 bits per heavy atom. The summed E-state index contributed by atoms with van der Waals surface area (Å²) >= 11 is 0. The molecule has 0 radical (unpaired) electrons. The lowest BCUT2D eigenvalue weighted by atomic mass is 9.79. The van der Waals surface area contributed by atoms with E-state index >= 15 is 0 Å². The highest BCUT2D eigenvalue weighted by Crippen LogP contribution is 2.56. The molecule has 0 amide bonds. The van der Waals surface area contributed by atoms with Gasteiger partial charge in [0.05, 0.1) is 0 Å². The minimum atomic E-state index is -0.162. The summed E-state index contributed by atoms with van der Waals surface area (Å²) in [5.41, 5.74) is 17.6. The lowest BCUT2D eigenvalue weighted by molar-refractivity contribution is 0.591. The van der Waals surface area contributed by atoms with Crippen LogP contribution in [0.4, 0.5) is 0 Å². The smallest absolute Gasteiger partial charge is 0.0159 e. The van der Waals surface area contributed by atoms with Gasteiger partial charge in [-0.15, -0.1) is 0 Å². The highest BCUT2D eigenvalue weighted by atomic mass is 14.4. The van der Waals surface area contributed by atoms with E-state index < -0.39 is 0 Å². The molecule has 2 aliphatic rings. The SMILES string of the molecule is CC(C)(C)c1cc2ccc3ccc(-c4ccc5c(c4)C(C)(C)c4cc(-c6cc7c(c8ccccc68)-c6c(ccc8ccccc68)C7(C)C)ccc4-5)c4ccc(c1)c2c34. The minimum Gasteiger partial charge on any atom is -0.0616 e. The van der Waals surface area contributed by atoms with E-state index in [0.717, 1.165) is 0 Å². The predicted molar refractivity (Wildman–Crippen MR) is 250 cm³/mol. The molecule has 0 N–H and O–H groups in total. The summed E-state index contributed by atoms with van der Waals surface area (Å²) in [6.07, 6.45) is 0. The van der Waals surface area contributed by atoms with Crippen LogP contribution in [0.25, 0.3) is 98.4 Å². The maximum absolute atomic E-state index is 2.53. The Morgan fingerprint density at radius 3 is 1.59 bits per heavy atom. The third kappa shape index (κ3) is 4.41. The molecule has 0 fully saturated rings. The Labute approximate surface area is 341 Å². The van der Waals surface area contributed by atoms with Crippen molar-refractivity contribution in [3.8, 4) is 44.5 Å². The molecular formula is C58H46. The fourth-order valence-electron chi connectivity index (χ4n) is 11.2. The Morgan fingerprint density at radius 2 is 0.879 bits per heavy atom. The summed E-state index contributed by atoms with van der Waals surface area (Å²) < 4.78 is 0. The molecule has 0 spiro atoms. The van der Waals surface area contributed by atoms with Gasteiger partial charge in [0.15, 0.2) is 0 Å². The largest absolute Gasteiger partial charge is 0.0616 e. The maximum atomic E-state index is 2.53. The minimum absolute atomic E-state index is 0.0965. The molecule has 0 aliphatic heterocycles. The standard InChI is InChI=1S/C58H46/c1-56(2,3)39-28-37-17-16-34-18-23-40(46-26-21-38(29-39)52(37)53(34)46)35-19-24-43-44-25-20-36(31-50(44)58(6,7)49(43)30-35)47-32-51-55(45-15-11-10-14-42(45)47)54-41-13-9-8-12-33(41)22-27-48(54)57(51,4)5/h8-32H,1-7H3. The summed E-state index contributed by atoms with van der Waals surface area (Å²) in [5.74, 6) is 0. The van der Waals surface area contributed by atoms with Gasteiger partial charge in [0.2, 0.25) is 0 Å². The third-order valence-corrected chi connectivity index (χ3v) is 14.3. The van der Waals surface area contributed by atoms with Crippen LogP contribution in [0.1, 0.15) is 76.3 Å². The van der Waals surface area contributed by atoms with Crippen molar-refractivity contribution in [2.75, 3.05) is 0 Å². The molecule has 0 saturated heterocycles. The van der Waals surface area contributed by atoms with Gasteiger partial charge in [-0.2, -0.15) is 0 Å². The van der Waals surface area contributed by atoms with Gasteiger partial charge >= 0.3 is 0 Å². The maximum Gasteiger partial charge on any atom is 0.0159 e. The molecule has 0 heteroatoms. The average molecular weight is 743 g/mol. The monoisotopic (exact) mass is 742 g/mol. The van der Waals surface area contributed by atoms with E-state index in [1.807, 2.05) is 0 Å². The zero-order chi connectivity index (χ0) is 39.5. The van der Waals surface area contributed by atoms with E-state index in [2.05, 4.69) is 200 Å². The summed E-state index contributed by atoms with van der Waals surface area (Å²) in [4.78, 5) is 0. The van der Waals surface area contributed by atoms with E-state index in [1.54, 1.807) is 0 Å². The topological polar surface area (TPSA) is 0 Å². The Hall–Kier alpha value is -6.24. The van der Waals surface area contributed by atoms with E-state index in [4.69, 9.17) is 0 Å². The van der Waals surface area contributed by atoms with Crippen molar-refractivity contribution in [1.29, 1.82) is 0 Å². The van der Waals surface area contributed by atoms with Crippen LogP contribution >= 0.6 is 0 Å². The Balaban J connectivity index is 0.995. The Kier molecular flexibility index (Phi) is 6.56. The van der Waals surface area contributed by atoms with Gasteiger partial charge < -0.3 is 0 Å². The zero-order valence-corrected chi connectivity index (χ0v) is 34.4. The summed E-state index contributed by atoms with van der Waals surface area (Å²) in [5, 5.41) is 13.4. The van der Waals surface area contributed by atoms with Crippen LogP contribution in [0, 0.1) is 0 Å². The van der Waals surface area contributed by atoms with E-state index in [0.29, 0.717) is 0 Å². The van der Waals surface area contributed by atoms with Crippen molar-refractivity contribution < 1.29 is 0 Å². The van der Waals surface area contributed by atoms with Crippen LogP contribution in [0.3, 0.4) is 0 Å². The molecule has 0 aromatic heterocycles. The second kappa shape index (κ2) is 11.2. The molecule has 0 nitrogen and oxygen atoms in total. The fraction of sp³-hybridized carbons (Fsp3) is 0.172. The molecule has 10 aromatic rings. The lowest BCUT2D eigenvalue weighted by Crippen LogP contribution is -2.15. The van der Waals surface area contributed by atoms with Gasteiger partial charge in [0, 0.05) is 10.8 Å². The summed E-state index contributed by atoms with van der Waals surface area (Å²) in [6.45, 7) is 16.6. The predicted octanol–water partition coefficient (Wildman–Crippen LogP) is 16.1. The zero-order valence-electron chi connectivity index (χ0n) is 34.4. The van der Waals surface area contributed by atoms with Gasteiger partial charge in [-0.05, 0) is 150 Å². The molecule has 58 heavy (non-hydrogen) atoms. The van der Waals surface area contributed by atoms with Crippen molar-refractivity contribution >= 4 is 53.9 Å². The Bertz CT molecular complexity index is 3400. The van der Waals surface area contributed by atoms with Gasteiger partial charge in [-0.25, -0.2) is 0 Å². The number of hydrogen-bond donors (Lipinski definition) is 0. The van der Waals surface area contributed by atoms with Crippen molar-refractivity contribution in [1.82, 2.24) is 0 Å². The first-order chi connectivity index (χ1) is 27.9. The number of rotatable bonds is 2. The quantitative estimate of drug-likeness (QED) is 0.155. The van der Waals surface area contributed by atoms with E-state index in [9.17, 15) is 0 Å². The van der Waals surface area contributed by atoms with Crippen LogP contribution < -0.4 is 0 Å². The first-order valence-corrected chi connectivity index (χ1v) is 21.0. The normalized spacial score (nSPS) is 15.1. The van der Waals surface area contributed by atoms with Gasteiger partial charge in [-0.3, -0.25) is 0 Å². The van der Waals surface area contributed by atoms with Crippen LogP contribution in [0.2, 0.25) is 0 Å². The summed E-state index contributed by atoms with van der Waals surface area (Å²) in [6, 6.07) is 58.6. The summed E-state index contributed by atoms with van der Waals surface area (Å²) in [7, 11) is 0. The van der Waals surface area contributed by atoms with Gasteiger partial charge in [0.25, 0.3) is 0 Å². The number of benzene rings is 10. The molecular weight excluding hydrogens is 697 g/mol. The number of fused-ring (bicyclic) bond motifs is 10. The molecule has 0 atom stereocenters. The van der Waals surface area contributed by atoms with Crippen molar-refractivity contribution in [2.45, 2.75) is 64.7 Å². The molecule has 10 aromatic carbocycles. The van der Waals surface area contributed by atoms with E-state index in [-0.39, 0.29) is 16.2 Å². The molecule has 0 unspecified atom stereocenters. The highest BCUT2D eigenvalue weighted by molar-refractivity contribution is 6.25. The first kappa shape index (κ1) is 33.9. The first-order valence-electron chi connectivity index (χ1n) is 21.0. The molecule has 278 valence electrons. The molecule has 12 rings (SSSR count). The van der Waals surface area contributed by atoms with Crippen LogP contribution in [-0.2, 0) is 16.2 Å². The van der Waals surface area contributed by atoms with Gasteiger partial charge in [0.1, 0.15) is 0 Å². The number of hydrogen-bond acceptors (Lipinski definition) is 0.